The van der Waals surface area contributed by atoms with Crippen LogP contribution in [0.5, 0.6) is 0 Å². The van der Waals surface area contributed by atoms with E-state index in [0.717, 1.165) is 0 Å². The lowest BCUT2D eigenvalue weighted by molar-refractivity contribution is -0.141. The topological polar surface area (TPSA) is 69.6 Å². The Morgan fingerprint density at radius 2 is 2.19 bits per heavy atom. The molecule has 1 aromatic rings. The summed E-state index contributed by atoms with van der Waals surface area (Å²) in [5, 5.41) is 11.8. The van der Waals surface area contributed by atoms with Crippen LogP contribution in [-0.2, 0) is 4.79 Å². The summed E-state index contributed by atoms with van der Waals surface area (Å²) in [5.41, 5.74) is 0.489. The summed E-state index contributed by atoms with van der Waals surface area (Å²) >= 11 is 0. The molecule has 2 amide bonds. The maximum Gasteiger partial charge on any atom is 0.322 e. The first-order chi connectivity index (χ1) is 10.0. The molecule has 0 bridgehead atoms. The molecule has 0 aliphatic heterocycles. The van der Waals surface area contributed by atoms with Crippen molar-refractivity contribution in [3.8, 4) is 0 Å². The van der Waals surface area contributed by atoms with Crippen molar-refractivity contribution in [2.75, 3.05) is 11.4 Å². The van der Waals surface area contributed by atoms with Crippen LogP contribution >= 0.6 is 0 Å². The van der Waals surface area contributed by atoms with Gasteiger partial charge in [0.25, 0.3) is 0 Å². The van der Waals surface area contributed by atoms with Crippen LogP contribution in [0.1, 0.15) is 26.2 Å². The third kappa shape index (κ3) is 3.71. The Balaban J connectivity index is 2.00. The molecule has 2 N–H and O–H groups in total. The van der Waals surface area contributed by atoms with E-state index in [0.29, 0.717) is 31.5 Å². The zero-order chi connectivity index (χ0) is 15.4. The molecule has 1 fully saturated rings. The molecule has 6 heteroatoms. The van der Waals surface area contributed by atoms with Crippen molar-refractivity contribution in [2.24, 2.45) is 5.92 Å². The van der Waals surface area contributed by atoms with Crippen molar-refractivity contribution >= 4 is 17.7 Å². The van der Waals surface area contributed by atoms with E-state index in [1.807, 2.05) is 0 Å². The van der Waals surface area contributed by atoms with Gasteiger partial charge in [-0.2, -0.15) is 0 Å². The number of benzene rings is 1. The highest BCUT2D eigenvalue weighted by Crippen LogP contribution is 2.26. The normalized spacial score (nSPS) is 21.0. The maximum atomic E-state index is 13.2. The monoisotopic (exact) mass is 294 g/mol. The second-order valence-electron chi connectivity index (χ2n) is 5.22. The van der Waals surface area contributed by atoms with Gasteiger partial charge in [-0.15, -0.1) is 0 Å². The molecule has 0 aromatic heterocycles. The van der Waals surface area contributed by atoms with Gasteiger partial charge < -0.3 is 10.4 Å². The molecule has 21 heavy (non-hydrogen) atoms. The minimum absolute atomic E-state index is 0.138. The summed E-state index contributed by atoms with van der Waals surface area (Å²) in [6.45, 7) is 2.21. The van der Waals surface area contributed by atoms with Crippen molar-refractivity contribution in [3.63, 3.8) is 0 Å². The molecule has 2 unspecified atom stereocenters. The Bertz CT molecular complexity index is 535. The Morgan fingerprint density at radius 1 is 1.43 bits per heavy atom. The number of anilines is 1. The number of nitrogens with zero attached hydrogens (tertiary/aromatic N) is 1. The molecule has 2 atom stereocenters. The van der Waals surface area contributed by atoms with E-state index in [9.17, 15) is 14.0 Å². The molecule has 1 aliphatic rings. The van der Waals surface area contributed by atoms with Crippen LogP contribution in [0.15, 0.2) is 24.3 Å². The molecular weight excluding hydrogens is 275 g/mol. The molecule has 114 valence electrons. The number of nitrogens with one attached hydrogen (secondary N) is 1. The van der Waals surface area contributed by atoms with E-state index < -0.39 is 11.8 Å². The predicted molar refractivity (Wildman–Crippen MR) is 76.7 cm³/mol. The number of carbonyl (C=O) groups is 2. The molecule has 2 rings (SSSR count). The number of halogens is 1. The van der Waals surface area contributed by atoms with Crippen molar-refractivity contribution in [1.82, 2.24) is 5.32 Å². The average Bonchev–Trinajstić information content (AvgIpc) is 2.88. The molecule has 1 saturated carbocycles. The van der Waals surface area contributed by atoms with Gasteiger partial charge >= 0.3 is 12.0 Å². The van der Waals surface area contributed by atoms with Gasteiger partial charge in [-0.05, 0) is 44.4 Å². The van der Waals surface area contributed by atoms with Gasteiger partial charge in [0.05, 0.1) is 5.92 Å². The number of carboxylic acid groups (broad SMARTS) is 1. The van der Waals surface area contributed by atoms with Crippen molar-refractivity contribution in [2.45, 2.75) is 32.2 Å². The lowest BCUT2D eigenvalue weighted by Gasteiger charge is -2.24. The van der Waals surface area contributed by atoms with Gasteiger partial charge in [-0.1, -0.05) is 6.07 Å². The fourth-order valence-electron chi connectivity index (χ4n) is 2.68. The van der Waals surface area contributed by atoms with E-state index in [4.69, 9.17) is 5.11 Å². The summed E-state index contributed by atoms with van der Waals surface area (Å²) in [6, 6.07) is 5.39. The largest absolute Gasteiger partial charge is 0.481 e. The fourth-order valence-corrected chi connectivity index (χ4v) is 2.68. The van der Waals surface area contributed by atoms with Crippen molar-refractivity contribution < 1.29 is 19.1 Å². The Morgan fingerprint density at radius 3 is 2.76 bits per heavy atom. The number of carboxylic acids is 1. The van der Waals surface area contributed by atoms with Crippen LogP contribution in [0.25, 0.3) is 0 Å². The van der Waals surface area contributed by atoms with Crippen molar-refractivity contribution in [1.29, 1.82) is 0 Å². The number of urea groups is 1. The molecule has 0 spiro atoms. The van der Waals surface area contributed by atoms with Crippen LogP contribution in [0.2, 0.25) is 0 Å². The summed E-state index contributed by atoms with van der Waals surface area (Å²) < 4.78 is 13.2. The zero-order valence-electron chi connectivity index (χ0n) is 11.9. The molecular formula is C15H19FN2O3. The third-order valence-electron chi connectivity index (χ3n) is 3.79. The molecule has 0 heterocycles. The summed E-state index contributed by atoms with van der Waals surface area (Å²) in [5.74, 6) is -1.60. The Hall–Kier alpha value is -2.11. The number of hydrogen-bond acceptors (Lipinski definition) is 2. The average molecular weight is 294 g/mol. The SMILES string of the molecule is CCN(C(=O)NC1CCC(C(=O)O)C1)c1cccc(F)c1. The standard InChI is InChI=1S/C15H19FN2O3/c1-2-18(13-5-3-4-11(16)9-13)15(21)17-12-7-6-10(8-12)14(19)20/h3-5,9-10,12H,2,6-8H2,1H3,(H,17,21)(H,19,20). The van der Waals surface area contributed by atoms with Crippen LogP contribution < -0.4 is 10.2 Å². The van der Waals surface area contributed by atoms with Gasteiger partial charge in [0.1, 0.15) is 5.82 Å². The first kappa shape index (κ1) is 15.3. The number of amides is 2. The summed E-state index contributed by atoms with van der Waals surface area (Å²) in [7, 11) is 0. The summed E-state index contributed by atoms with van der Waals surface area (Å²) in [6.07, 6.45) is 1.68. The summed E-state index contributed by atoms with van der Waals surface area (Å²) in [4.78, 5) is 24.6. The number of aliphatic carboxylic acids is 1. The second kappa shape index (κ2) is 6.56. The van der Waals surface area contributed by atoms with Crippen molar-refractivity contribution in [3.05, 3.63) is 30.1 Å². The number of rotatable bonds is 4. The quantitative estimate of drug-likeness (QED) is 0.896. The van der Waals surface area contributed by atoms with Gasteiger partial charge in [-0.25, -0.2) is 9.18 Å². The Labute approximate surface area is 122 Å². The molecule has 5 nitrogen and oxygen atoms in total. The smallest absolute Gasteiger partial charge is 0.322 e. The molecule has 1 aromatic carbocycles. The molecule has 1 aliphatic carbocycles. The van der Waals surface area contributed by atoms with E-state index in [1.54, 1.807) is 19.1 Å². The number of hydrogen-bond donors (Lipinski definition) is 2. The van der Waals surface area contributed by atoms with E-state index >= 15 is 0 Å². The highest BCUT2D eigenvalue weighted by atomic mass is 19.1. The molecule has 0 radical (unpaired) electrons. The van der Waals surface area contributed by atoms with Gasteiger partial charge in [0.15, 0.2) is 0 Å². The lowest BCUT2D eigenvalue weighted by Crippen LogP contribution is -2.44. The Kier molecular flexibility index (Phi) is 4.77. The number of carbonyl (C=O) groups excluding carboxylic acids is 1. The van der Waals surface area contributed by atoms with Crippen LogP contribution in [-0.4, -0.2) is 29.7 Å². The minimum atomic E-state index is -0.816. The first-order valence-electron chi connectivity index (χ1n) is 7.07. The van der Waals surface area contributed by atoms with Crippen LogP contribution in [0.3, 0.4) is 0 Å². The molecule has 0 saturated heterocycles. The van der Waals surface area contributed by atoms with E-state index in [-0.39, 0.29) is 18.0 Å². The fraction of sp³-hybridized carbons (Fsp3) is 0.467. The van der Waals surface area contributed by atoms with Gasteiger partial charge in [0, 0.05) is 18.3 Å². The third-order valence-corrected chi connectivity index (χ3v) is 3.79. The predicted octanol–water partition coefficient (Wildman–Crippen LogP) is 2.61. The van der Waals surface area contributed by atoms with E-state index in [1.165, 1.54) is 17.0 Å². The maximum absolute atomic E-state index is 13.2. The first-order valence-corrected chi connectivity index (χ1v) is 7.07. The minimum Gasteiger partial charge on any atom is -0.481 e. The highest BCUT2D eigenvalue weighted by Gasteiger charge is 2.31. The van der Waals surface area contributed by atoms with Crippen LogP contribution in [0.4, 0.5) is 14.9 Å². The second-order valence-corrected chi connectivity index (χ2v) is 5.22. The zero-order valence-corrected chi connectivity index (χ0v) is 11.9. The highest BCUT2D eigenvalue weighted by molar-refractivity contribution is 5.92. The van der Waals surface area contributed by atoms with Crippen LogP contribution in [0, 0.1) is 11.7 Å². The van der Waals surface area contributed by atoms with Gasteiger partial charge in [-0.3, -0.25) is 9.69 Å². The van der Waals surface area contributed by atoms with E-state index in [2.05, 4.69) is 5.32 Å². The van der Waals surface area contributed by atoms with Gasteiger partial charge in [0.2, 0.25) is 0 Å². The lowest BCUT2D eigenvalue weighted by atomic mass is 10.1.